The van der Waals surface area contributed by atoms with E-state index in [1.54, 1.807) is 36.0 Å². The summed E-state index contributed by atoms with van der Waals surface area (Å²) < 4.78 is 0. The molecule has 114 valence electrons. The number of hydrogen-bond donors (Lipinski definition) is 1. The third-order valence-corrected chi connectivity index (χ3v) is 5.13. The zero-order valence-electron chi connectivity index (χ0n) is 12.7. The number of thioether (sulfide) groups is 1. The van der Waals surface area contributed by atoms with Crippen molar-refractivity contribution in [2.24, 2.45) is 0 Å². The van der Waals surface area contributed by atoms with Crippen LogP contribution < -0.4 is 5.32 Å². The Hall–Kier alpha value is -2.33. The maximum atomic E-state index is 13.1. The summed E-state index contributed by atoms with van der Waals surface area (Å²) in [4.78, 5) is 27.0. The van der Waals surface area contributed by atoms with Crippen LogP contribution in [0.2, 0.25) is 0 Å². The number of benzene rings is 2. The molecular formula is C19H15NO2S. The van der Waals surface area contributed by atoms with Crippen LogP contribution in [0.4, 0.5) is 0 Å². The fourth-order valence-corrected chi connectivity index (χ4v) is 3.70. The van der Waals surface area contributed by atoms with Gasteiger partial charge in [-0.25, -0.2) is 0 Å². The zero-order chi connectivity index (χ0) is 16.0. The summed E-state index contributed by atoms with van der Waals surface area (Å²) in [6, 6.07) is 13.2. The largest absolute Gasteiger partial charge is 0.381 e. The number of nitrogens with one attached hydrogen (secondary N) is 1. The van der Waals surface area contributed by atoms with Gasteiger partial charge in [0, 0.05) is 22.6 Å². The lowest BCUT2D eigenvalue weighted by Crippen LogP contribution is -2.29. The highest BCUT2D eigenvalue weighted by molar-refractivity contribution is 7.98. The minimum Gasteiger partial charge on any atom is -0.381 e. The van der Waals surface area contributed by atoms with Crippen molar-refractivity contribution in [2.75, 3.05) is 12.8 Å². The van der Waals surface area contributed by atoms with E-state index in [1.807, 2.05) is 12.3 Å². The van der Waals surface area contributed by atoms with Gasteiger partial charge >= 0.3 is 0 Å². The zero-order valence-corrected chi connectivity index (χ0v) is 13.5. The summed E-state index contributed by atoms with van der Waals surface area (Å²) >= 11 is 1.64. The van der Waals surface area contributed by atoms with Crippen molar-refractivity contribution in [3.05, 3.63) is 70.4 Å². The monoisotopic (exact) mass is 321 g/mol. The Morgan fingerprint density at radius 2 is 1.70 bits per heavy atom. The molecule has 0 atom stereocenters. The predicted molar refractivity (Wildman–Crippen MR) is 92.0 cm³/mol. The molecule has 1 heterocycles. The molecule has 1 aliphatic heterocycles. The molecule has 0 aromatic heterocycles. The number of allylic oxidation sites excluding steroid dienone is 2. The third kappa shape index (κ3) is 2.13. The van der Waals surface area contributed by atoms with Crippen LogP contribution in [0.25, 0.3) is 5.57 Å². The van der Waals surface area contributed by atoms with E-state index < -0.39 is 0 Å². The van der Waals surface area contributed by atoms with E-state index in [4.69, 9.17) is 0 Å². The normalized spacial score (nSPS) is 16.2. The fraction of sp³-hybridized carbons (Fsp3) is 0.158. The quantitative estimate of drug-likeness (QED) is 0.818. The van der Waals surface area contributed by atoms with Crippen LogP contribution in [0.3, 0.4) is 0 Å². The molecule has 3 nitrogen and oxygen atoms in total. The van der Waals surface area contributed by atoms with Gasteiger partial charge in [0.2, 0.25) is 5.78 Å². The van der Waals surface area contributed by atoms with Crippen molar-refractivity contribution in [2.45, 2.75) is 11.3 Å². The predicted octanol–water partition coefficient (Wildman–Crippen LogP) is 3.34. The first-order valence-corrected chi connectivity index (χ1v) is 8.77. The van der Waals surface area contributed by atoms with Gasteiger partial charge < -0.3 is 5.32 Å². The van der Waals surface area contributed by atoms with Crippen LogP contribution in [0.5, 0.6) is 0 Å². The van der Waals surface area contributed by atoms with Gasteiger partial charge in [0.1, 0.15) is 0 Å². The van der Waals surface area contributed by atoms with E-state index in [1.165, 1.54) is 0 Å². The Labute approximate surface area is 138 Å². The molecule has 2 aromatic rings. The molecule has 0 bridgehead atoms. The second kappa shape index (κ2) is 5.39. The van der Waals surface area contributed by atoms with Gasteiger partial charge in [0.05, 0.1) is 11.3 Å². The molecule has 0 saturated carbocycles. The standard InChI is InChI=1S/C19H15NO2S/c1-23-12-7-6-11-8-9-20-17-16(15(11)10-12)18(21)13-4-2-3-5-14(13)19(17)22/h2-7,10,20H,8-9H2,1H3. The van der Waals surface area contributed by atoms with E-state index in [9.17, 15) is 9.59 Å². The van der Waals surface area contributed by atoms with Crippen molar-refractivity contribution in [3.8, 4) is 0 Å². The summed E-state index contributed by atoms with van der Waals surface area (Å²) in [5.41, 5.74) is 3.97. The van der Waals surface area contributed by atoms with Gasteiger partial charge in [0.25, 0.3) is 0 Å². The van der Waals surface area contributed by atoms with Gasteiger partial charge in [-0.15, -0.1) is 11.8 Å². The topological polar surface area (TPSA) is 46.2 Å². The molecule has 2 aromatic carbocycles. The number of carbonyl (C=O) groups excluding carboxylic acids is 2. The Balaban J connectivity index is 2.00. The second-order valence-corrected chi connectivity index (χ2v) is 6.53. The van der Waals surface area contributed by atoms with Crippen molar-refractivity contribution in [3.63, 3.8) is 0 Å². The van der Waals surface area contributed by atoms with Crippen molar-refractivity contribution in [1.29, 1.82) is 0 Å². The number of fused-ring (bicyclic) bond motifs is 3. The van der Waals surface area contributed by atoms with E-state index in [0.717, 1.165) is 22.4 Å². The average molecular weight is 321 g/mol. The average Bonchev–Trinajstić information content (AvgIpc) is 2.78. The summed E-state index contributed by atoms with van der Waals surface area (Å²) in [6.45, 7) is 0.658. The number of Topliss-reactive ketones (excluding diaryl/α,β-unsaturated/α-hetero) is 2. The van der Waals surface area contributed by atoms with Crippen molar-refractivity contribution in [1.82, 2.24) is 5.32 Å². The van der Waals surface area contributed by atoms with Crippen LogP contribution in [-0.2, 0) is 6.42 Å². The summed E-state index contributed by atoms with van der Waals surface area (Å²) in [6.07, 6.45) is 2.81. The molecule has 0 unspecified atom stereocenters. The molecule has 4 rings (SSSR count). The molecule has 0 radical (unpaired) electrons. The first kappa shape index (κ1) is 14.3. The Kier molecular flexibility index (Phi) is 3.34. The van der Waals surface area contributed by atoms with E-state index >= 15 is 0 Å². The molecule has 1 aliphatic carbocycles. The second-order valence-electron chi connectivity index (χ2n) is 5.65. The lowest BCUT2D eigenvalue weighted by molar-refractivity contribution is 0.0986. The van der Waals surface area contributed by atoms with E-state index in [0.29, 0.717) is 28.9 Å². The van der Waals surface area contributed by atoms with Crippen molar-refractivity contribution < 1.29 is 9.59 Å². The Morgan fingerprint density at radius 1 is 0.957 bits per heavy atom. The maximum Gasteiger partial charge on any atom is 0.210 e. The summed E-state index contributed by atoms with van der Waals surface area (Å²) in [5, 5.41) is 3.19. The molecule has 0 amide bonds. The smallest absolute Gasteiger partial charge is 0.210 e. The lowest BCUT2D eigenvalue weighted by Gasteiger charge is -2.21. The van der Waals surface area contributed by atoms with Crippen LogP contribution in [-0.4, -0.2) is 24.4 Å². The minimum absolute atomic E-state index is 0.0656. The number of carbonyl (C=O) groups is 2. The number of hydrogen-bond acceptors (Lipinski definition) is 4. The highest BCUT2D eigenvalue weighted by Gasteiger charge is 2.34. The molecule has 0 fully saturated rings. The summed E-state index contributed by atoms with van der Waals surface area (Å²) in [5.74, 6) is -0.151. The summed E-state index contributed by atoms with van der Waals surface area (Å²) in [7, 11) is 0. The van der Waals surface area contributed by atoms with Gasteiger partial charge in [-0.2, -0.15) is 0 Å². The van der Waals surface area contributed by atoms with Gasteiger partial charge in [0.15, 0.2) is 5.78 Å². The molecule has 4 heteroatoms. The van der Waals surface area contributed by atoms with Crippen LogP contribution in [0, 0.1) is 0 Å². The van der Waals surface area contributed by atoms with E-state index in [-0.39, 0.29) is 11.6 Å². The molecular weight excluding hydrogens is 306 g/mol. The number of ketones is 2. The van der Waals surface area contributed by atoms with Gasteiger partial charge in [-0.3, -0.25) is 9.59 Å². The Morgan fingerprint density at radius 3 is 2.43 bits per heavy atom. The van der Waals surface area contributed by atoms with Gasteiger partial charge in [-0.05, 0) is 35.9 Å². The van der Waals surface area contributed by atoms with Crippen LogP contribution in [0.15, 0.2) is 53.1 Å². The lowest BCUT2D eigenvalue weighted by atomic mass is 9.83. The van der Waals surface area contributed by atoms with Crippen molar-refractivity contribution >= 4 is 28.9 Å². The van der Waals surface area contributed by atoms with Gasteiger partial charge in [-0.1, -0.05) is 30.3 Å². The SMILES string of the molecule is CSc1ccc2c(c1)C1=C(NCC2)C(=O)c2ccccc2C1=O. The number of rotatable bonds is 1. The Bertz CT molecular complexity index is 883. The fourth-order valence-electron chi connectivity index (χ4n) is 3.26. The maximum absolute atomic E-state index is 13.1. The molecule has 2 aliphatic rings. The third-order valence-electron chi connectivity index (χ3n) is 4.40. The first-order valence-electron chi connectivity index (χ1n) is 7.54. The van der Waals surface area contributed by atoms with E-state index in [2.05, 4.69) is 17.4 Å². The minimum atomic E-state index is -0.0856. The first-order chi connectivity index (χ1) is 11.2. The highest BCUT2D eigenvalue weighted by atomic mass is 32.2. The van der Waals surface area contributed by atoms with Crippen LogP contribution >= 0.6 is 11.8 Å². The highest BCUT2D eigenvalue weighted by Crippen LogP contribution is 2.36. The molecule has 1 N–H and O–H groups in total. The molecule has 23 heavy (non-hydrogen) atoms. The van der Waals surface area contributed by atoms with Crippen LogP contribution in [0.1, 0.15) is 31.8 Å². The molecule has 0 saturated heterocycles. The molecule has 0 spiro atoms.